The van der Waals surface area contributed by atoms with Crippen LogP contribution in [0.1, 0.15) is 30.9 Å². The molecule has 0 saturated heterocycles. The molecule has 2 rings (SSSR count). The number of carbonyl (C=O) groups excluding carboxylic acids is 1. The summed E-state index contributed by atoms with van der Waals surface area (Å²) in [5.74, 6) is -0.106. The van der Waals surface area contributed by atoms with Crippen LogP contribution in [0.5, 0.6) is 0 Å². The van der Waals surface area contributed by atoms with Gasteiger partial charge in [-0.15, -0.1) is 0 Å². The van der Waals surface area contributed by atoms with E-state index < -0.39 is 6.04 Å². The first-order valence-corrected chi connectivity index (χ1v) is 9.87. The molecule has 5 heteroatoms. The van der Waals surface area contributed by atoms with Crippen LogP contribution >= 0.6 is 0 Å². The minimum Gasteiger partial charge on any atom is -0.379 e. The summed E-state index contributed by atoms with van der Waals surface area (Å²) in [4.78, 5) is 20.4. The maximum absolute atomic E-state index is 13.0. The van der Waals surface area contributed by atoms with E-state index in [-0.39, 0.29) is 5.91 Å². The molecule has 0 unspecified atom stereocenters. The van der Waals surface area contributed by atoms with Crippen molar-refractivity contribution in [3.8, 4) is 0 Å². The maximum atomic E-state index is 13.0. The third-order valence-corrected chi connectivity index (χ3v) is 4.68. The minimum absolute atomic E-state index is 0.106. The molecule has 0 aliphatic carbocycles. The number of unbranched alkanes of at least 4 members (excludes halogenated alkanes) is 1. The molecule has 0 spiro atoms. The molecule has 2 aromatic rings. The number of rotatable bonds is 12. The summed E-state index contributed by atoms with van der Waals surface area (Å²) in [6, 6.07) is 20.0. The van der Waals surface area contributed by atoms with Crippen molar-refractivity contribution >= 4 is 5.91 Å². The van der Waals surface area contributed by atoms with Crippen molar-refractivity contribution in [1.29, 1.82) is 0 Å². The number of likely N-dealkylation sites (N-methyl/N-ethyl adjacent to an activating group) is 1. The van der Waals surface area contributed by atoms with Crippen molar-refractivity contribution in [2.24, 2.45) is 0 Å². The van der Waals surface area contributed by atoms with Crippen LogP contribution in [0, 0.1) is 0 Å². The monoisotopic (exact) mass is 384 g/mol. The van der Waals surface area contributed by atoms with Crippen LogP contribution in [0.25, 0.3) is 0 Å². The van der Waals surface area contributed by atoms with E-state index in [2.05, 4.69) is 36.1 Å². The van der Waals surface area contributed by atoms with Crippen molar-refractivity contribution < 1.29 is 14.4 Å². The van der Waals surface area contributed by atoms with Gasteiger partial charge < -0.3 is 4.74 Å². The number of amides is 1. The summed E-state index contributed by atoms with van der Waals surface area (Å²) >= 11 is 0. The van der Waals surface area contributed by atoms with Crippen LogP contribution in [0.4, 0.5) is 0 Å². The van der Waals surface area contributed by atoms with Gasteiger partial charge in [-0.3, -0.25) is 14.5 Å². The molecule has 152 valence electrons. The molecule has 0 bridgehead atoms. The zero-order valence-corrected chi connectivity index (χ0v) is 17.2. The molecule has 0 N–H and O–H groups in total. The fourth-order valence-corrected chi connectivity index (χ4v) is 2.99. The SMILES string of the molecule is CCCCOC[C@@H](C(=O)N(C)OC)N(Cc1ccccc1)Cc1ccccc1. The van der Waals surface area contributed by atoms with Gasteiger partial charge in [-0.1, -0.05) is 74.0 Å². The number of carbonyl (C=O) groups is 1. The second-order valence-electron chi connectivity index (χ2n) is 6.84. The molecule has 0 fully saturated rings. The van der Waals surface area contributed by atoms with Crippen LogP contribution in [0.2, 0.25) is 0 Å². The molecule has 1 amide bonds. The lowest BCUT2D eigenvalue weighted by atomic mass is 10.1. The largest absolute Gasteiger partial charge is 0.379 e. The number of hydrogen-bond acceptors (Lipinski definition) is 4. The first kappa shape index (κ1) is 22.1. The van der Waals surface area contributed by atoms with Crippen LogP contribution in [0.3, 0.4) is 0 Å². The highest BCUT2D eigenvalue weighted by Gasteiger charge is 2.29. The highest BCUT2D eigenvalue weighted by atomic mass is 16.7. The van der Waals surface area contributed by atoms with E-state index in [9.17, 15) is 4.79 Å². The summed E-state index contributed by atoms with van der Waals surface area (Å²) in [6.45, 7) is 4.43. The molecular weight excluding hydrogens is 352 g/mol. The quantitative estimate of drug-likeness (QED) is 0.411. The van der Waals surface area contributed by atoms with E-state index in [0.29, 0.717) is 26.3 Å². The van der Waals surface area contributed by atoms with E-state index in [4.69, 9.17) is 9.57 Å². The van der Waals surface area contributed by atoms with E-state index in [0.717, 1.165) is 24.0 Å². The van der Waals surface area contributed by atoms with Crippen LogP contribution in [-0.2, 0) is 27.5 Å². The Bertz CT molecular complexity index is 637. The topological polar surface area (TPSA) is 42.0 Å². The fourth-order valence-electron chi connectivity index (χ4n) is 2.99. The highest BCUT2D eigenvalue weighted by molar-refractivity contribution is 5.80. The lowest BCUT2D eigenvalue weighted by Crippen LogP contribution is -2.49. The van der Waals surface area contributed by atoms with E-state index in [1.54, 1.807) is 7.05 Å². The van der Waals surface area contributed by atoms with E-state index in [1.807, 2.05) is 36.4 Å². The molecule has 0 saturated carbocycles. The number of hydrogen-bond donors (Lipinski definition) is 0. The Morgan fingerprint density at radius 2 is 1.50 bits per heavy atom. The number of nitrogens with zero attached hydrogens (tertiary/aromatic N) is 2. The smallest absolute Gasteiger partial charge is 0.265 e. The zero-order valence-electron chi connectivity index (χ0n) is 17.2. The molecule has 0 aliphatic heterocycles. The molecule has 28 heavy (non-hydrogen) atoms. The molecule has 5 nitrogen and oxygen atoms in total. The summed E-state index contributed by atoms with van der Waals surface area (Å²) in [5.41, 5.74) is 2.31. The fraction of sp³-hybridized carbons (Fsp3) is 0.435. The van der Waals surface area contributed by atoms with Gasteiger partial charge in [0.25, 0.3) is 5.91 Å². The van der Waals surface area contributed by atoms with Gasteiger partial charge in [-0.25, -0.2) is 5.06 Å². The molecule has 0 radical (unpaired) electrons. The number of hydroxylamine groups is 2. The van der Waals surface area contributed by atoms with Gasteiger partial charge in [0.1, 0.15) is 6.04 Å². The zero-order chi connectivity index (χ0) is 20.2. The number of ether oxygens (including phenoxy) is 1. The van der Waals surface area contributed by atoms with Crippen molar-refractivity contribution in [2.45, 2.75) is 38.9 Å². The summed E-state index contributed by atoms with van der Waals surface area (Å²) in [6.07, 6.45) is 2.05. The third kappa shape index (κ3) is 7.08. The first-order chi connectivity index (χ1) is 13.7. The standard InChI is InChI=1S/C23H32N2O3/c1-4-5-16-28-19-22(23(26)24(2)27-3)25(17-20-12-8-6-9-13-20)18-21-14-10-7-11-15-21/h6-15,22H,4-5,16-19H2,1-3H3/t22-/m0/s1. The van der Waals surface area contributed by atoms with Crippen molar-refractivity contribution in [3.05, 3.63) is 71.8 Å². The summed E-state index contributed by atoms with van der Waals surface area (Å²) in [5, 5.41) is 1.29. The van der Waals surface area contributed by atoms with Crippen LogP contribution in [-0.4, -0.2) is 49.3 Å². The van der Waals surface area contributed by atoms with Gasteiger partial charge in [0.2, 0.25) is 0 Å². The first-order valence-electron chi connectivity index (χ1n) is 9.87. The lowest BCUT2D eigenvalue weighted by molar-refractivity contribution is -0.177. The van der Waals surface area contributed by atoms with Crippen molar-refractivity contribution in [3.63, 3.8) is 0 Å². The Kier molecular flexibility index (Phi) is 9.69. The van der Waals surface area contributed by atoms with Crippen LogP contribution < -0.4 is 0 Å². The van der Waals surface area contributed by atoms with Gasteiger partial charge in [0, 0.05) is 26.7 Å². The van der Waals surface area contributed by atoms with Gasteiger partial charge >= 0.3 is 0 Å². The predicted octanol–water partition coefficient (Wildman–Crippen LogP) is 3.89. The van der Waals surface area contributed by atoms with Crippen molar-refractivity contribution in [2.75, 3.05) is 27.4 Å². The summed E-state index contributed by atoms with van der Waals surface area (Å²) in [7, 11) is 3.15. The molecule has 2 aromatic carbocycles. The van der Waals surface area contributed by atoms with Gasteiger partial charge in [0.05, 0.1) is 13.7 Å². The average molecular weight is 385 g/mol. The predicted molar refractivity (Wildman–Crippen MR) is 111 cm³/mol. The molecule has 0 heterocycles. The third-order valence-electron chi connectivity index (χ3n) is 4.68. The van der Waals surface area contributed by atoms with Crippen LogP contribution in [0.15, 0.2) is 60.7 Å². The van der Waals surface area contributed by atoms with E-state index in [1.165, 1.54) is 12.2 Å². The second-order valence-corrected chi connectivity index (χ2v) is 6.84. The second kappa shape index (κ2) is 12.3. The molecular formula is C23H32N2O3. The number of benzene rings is 2. The summed E-state index contributed by atoms with van der Waals surface area (Å²) < 4.78 is 5.86. The van der Waals surface area contributed by atoms with Gasteiger partial charge in [-0.2, -0.15) is 0 Å². The molecule has 1 atom stereocenters. The average Bonchev–Trinajstić information content (AvgIpc) is 2.74. The van der Waals surface area contributed by atoms with Gasteiger partial charge in [-0.05, 0) is 17.5 Å². The minimum atomic E-state index is -0.429. The Hall–Kier alpha value is -2.21. The Morgan fingerprint density at radius 1 is 0.964 bits per heavy atom. The molecule has 0 aromatic heterocycles. The lowest BCUT2D eigenvalue weighted by Gasteiger charge is -2.32. The molecule has 0 aliphatic rings. The Labute approximate surface area is 168 Å². The highest BCUT2D eigenvalue weighted by Crippen LogP contribution is 2.16. The Balaban J connectivity index is 2.24. The van der Waals surface area contributed by atoms with E-state index >= 15 is 0 Å². The van der Waals surface area contributed by atoms with Crippen molar-refractivity contribution in [1.82, 2.24) is 9.96 Å². The van der Waals surface area contributed by atoms with Gasteiger partial charge in [0.15, 0.2) is 0 Å². The maximum Gasteiger partial charge on any atom is 0.265 e. The normalized spacial score (nSPS) is 12.1. The Morgan fingerprint density at radius 3 is 1.96 bits per heavy atom.